The number of hydrogen-bond acceptors (Lipinski definition) is 4. The highest BCUT2D eigenvalue weighted by Gasteiger charge is 2.01. The summed E-state index contributed by atoms with van der Waals surface area (Å²) in [5.74, 6) is 1.63. The Morgan fingerprint density at radius 1 is 1.09 bits per heavy atom. The van der Waals surface area contributed by atoms with Crippen molar-refractivity contribution < 1.29 is 9.47 Å². The van der Waals surface area contributed by atoms with Gasteiger partial charge >= 0.3 is 0 Å². The molecular weight excluding hydrogens is 276 g/mol. The van der Waals surface area contributed by atoms with Gasteiger partial charge in [0, 0.05) is 11.1 Å². The smallest absolute Gasteiger partial charge is 0.128 e. The van der Waals surface area contributed by atoms with Crippen molar-refractivity contribution in [3.8, 4) is 11.5 Å². The lowest BCUT2D eigenvalue weighted by Crippen LogP contribution is -2.07. The van der Waals surface area contributed by atoms with Gasteiger partial charge in [-0.25, -0.2) is 0 Å². The molecule has 2 aromatic rings. The zero-order valence-corrected chi connectivity index (χ0v) is 12.7. The van der Waals surface area contributed by atoms with E-state index in [2.05, 4.69) is 17.1 Å². The highest BCUT2D eigenvalue weighted by molar-refractivity contribution is 5.83. The van der Waals surface area contributed by atoms with Crippen LogP contribution in [-0.2, 0) is 6.54 Å². The molecule has 0 bridgehead atoms. The maximum atomic E-state index is 5.58. The molecule has 0 aliphatic rings. The fourth-order valence-corrected chi connectivity index (χ4v) is 1.96. The highest BCUT2D eigenvalue weighted by atomic mass is 16.5. The SMILES string of the molecule is C=CCOc1ccccc1/C=N\NCc1ccccc1OC. The Labute approximate surface area is 131 Å². The molecule has 0 heterocycles. The highest BCUT2D eigenvalue weighted by Crippen LogP contribution is 2.17. The summed E-state index contributed by atoms with van der Waals surface area (Å²) in [5.41, 5.74) is 4.99. The van der Waals surface area contributed by atoms with Crippen molar-refractivity contribution in [3.05, 3.63) is 72.3 Å². The minimum atomic E-state index is 0.472. The van der Waals surface area contributed by atoms with E-state index in [1.165, 1.54) is 0 Å². The number of nitrogens with zero attached hydrogens (tertiary/aromatic N) is 1. The second kappa shape index (κ2) is 8.52. The second-order valence-corrected chi connectivity index (χ2v) is 4.54. The van der Waals surface area contributed by atoms with E-state index in [1.54, 1.807) is 19.4 Å². The molecule has 0 aliphatic heterocycles. The van der Waals surface area contributed by atoms with E-state index in [0.717, 1.165) is 22.6 Å². The number of hydrogen-bond donors (Lipinski definition) is 1. The number of nitrogens with one attached hydrogen (secondary N) is 1. The van der Waals surface area contributed by atoms with Gasteiger partial charge in [0.25, 0.3) is 0 Å². The lowest BCUT2D eigenvalue weighted by molar-refractivity contribution is 0.362. The van der Waals surface area contributed by atoms with Crippen LogP contribution in [0.25, 0.3) is 0 Å². The van der Waals surface area contributed by atoms with E-state index >= 15 is 0 Å². The molecule has 4 heteroatoms. The van der Waals surface area contributed by atoms with E-state index in [4.69, 9.17) is 9.47 Å². The minimum Gasteiger partial charge on any atom is -0.496 e. The van der Waals surface area contributed by atoms with Crippen molar-refractivity contribution in [1.29, 1.82) is 0 Å². The Morgan fingerprint density at radius 3 is 2.59 bits per heavy atom. The third kappa shape index (κ3) is 4.38. The van der Waals surface area contributed by atoms with Gasteiger partial charge in [0.2, 0.25) is 0 Å². The quantitative estimate of drug-likeness (QED) is 0.461. The molecule has 2 aromatic carbocycles. The van der Waals surface area contributed by atoms with Gasteiger partial charge in [0.1, 0.15) is 18.1 Å². The van der Waals surface area contributed by atoms with Crippen molar-refractivity contribution in [3.63, 3.8) is 0 Å². The van der Waals surface area contributed by atoms with Crippen LogP contribution >= 0.6 is 0 Å². The third-order valence-electron chi connectivity index (χ3n) is 3.03. The Morgan fingerprint density at radius 2 is 1.82 bits per heavy atom. The molecular formula is C18H20N2O2. The predicted molar refractivity (Wildman–Crippen MR) is 89.6 cm³/mol. The van der Waals surface area contributed by atoms with Crippen molar-refractivity contribution >= 4 is 6.21 Å². The van der Waals surface area contributed by atoms with Crippen LogP contribution in [0.15, 0.2) is 66.3 Å². The average molecular weight is 296 g/mol. The Balaban J connectivity index is 1.96. The van der Waals surface area contributed by atoms with Crippen LogP contribution in [0.1, 0.15) is 11.1 Å². The molecule has 2 rings (SSSR count). The predicted octanol–water partition coefficient (Wildman–Crippen LogP) is 3.38. The Bertz CT molecular complexity index is 638. The van der Waals surface area contributed by atoms with Crippen LogP contribution in [0.2, 0.25) is 0 Å². The number of methoxy groups -OCH3 is 1. The number of benzene rings is 2. The molecule has 22 heavy (non-hydrogen) atoms. The van der Waals surface area contributed by atoms with Gasteiger partial charge in [-0.2, -0.15) is 5.10 Å². The summed E-state index contributed by atoms with van der Waals surface area (Å²) in [6, 6.07) is 15.6. The van der Waals surface area contributed by atoms with Gasteiger partial charge < -0.3 is 14.9 Å². The van der Waals surface area contributed by atoms with E-state index in [9.17, 15) is 0 Å². The first-order valence-corrected chi connectivity index (χ1v) is 7.05. The minimum absolute atomic E-state index is 0.472. The second-order valence-electron chi connectivity index (χ2n) is 4.54. The maximum Gasteiger partial charge on any atom is 0.128 e. The fourth-order valence-electron chi connectivity index (χ4n) is 1.96. The van der Waals surface area contributed by atoms with Crippen LogP contribution in [-0.4, -0.2) is 19.9 Å². The molecule has 4 nitrogen and oxygen atoms in total. The van der Waals surface area contributed by atoms with Crippen molar-refractivity contribution in [2.24, 2.45) is 5.10 Å². The molecule has 0 aromatic heterocycles. The Hall–Kier alpha value is -2.75. The lowest BCUT2D eigenvalue weighted by Gasteiger charge is -2.08. The van der Waals surface area contributed by atoms with Gasteiger partial charge in [-0.1, -0.05) is 43.0 Å². The van der Waals surface area contributed by atoms with Crippen molar-refractivity contribution in [1.82, 2.24) is 5.43 Å². The van der Waals surface area contributed by atoms with Gasteiger partial charge in [0.05, 0.1) is 19.9 Å². The fraction of sp³-hybridized carbons (Fsp3) is 0.167. The summed E-state index contributed by atoms with van der Waals surface area (Å²) in [6.07, 6.45) is 3.46. The van der Waals surface area contributed by atoms with Gasteiger partial charge in [0.15, 0.2) is 0 Å². The van der Waals surface area contributed by atoms with Crippen LogP contribution in [0.3, 0.4) is 0 Å². The average Bonchev–Trinajstić information content (AvgIpc) is 2.58. The van der Waals surface area contributed by atoms with E-state index in [1.807, 2.05) is 48.5 Å². The first-order chi connectivity index (χ1) is 10.8. The summed E-state index contributed by atoms with van der Waals surface area (Å²) in [5, 5.41) is 4.24. The molecule has 0 fully saturated rings. The third-order valence-corrected chi connectivity index (χ3v) is 3.03. The molecule has 0 radical (unpaired) electrons. The van der Waals surface area contributed by atoms with E-state index in [-0.39, 0.29) is 0 Å². The molecule has 114 valence electrons. The standard InChI is InChI=1S/C18H20N2O2/c1-3-12-22-18-11-7-5-9-16(18)14-20-19-13-15-8-4-6-10-17(15)21-2/h3-11,14,19H,1,12-13H2,2H3/b20-14-. The maximum absolute atomic E-state index is 5.58. The normalized spacial score (nSPS) is 10.4. The molecule has 0 unspecified atom stereocenters. The van der Waals surface area contributed by atoms with Crippen molar-refractivity contribution in [2.45, 2.75) is 6.54 Å². The van der Waals surface area contributed by atoms with Crippen molar-refractivity contribution in [2.75, 3.05) is 13.7 Å². The van der Waals surface area contributed by atoms with Crippen LogP contribution < -0.4 is 14.9 Å². The Kier molecular flexibility index (Phi) is 6.05. The van der Waals surface area contributed by atoms with E-state index < -0.39 is 0 Å². The first-order valence-electron chi connectivity index (χ1n) is 7.05. The molecule has 0 aliphatic carbocycles. The molecule has 1 N–H and O–H groups in total. The van der Waals surface area contributed by atoms with Crippen LogP contribution in [0.4, 0.5) is 0 Å². The summed E-state index contributed by atoms with van der Waals surface area (Å²) >= 11 is 0. The molecule has 0 saturated heterocycles. The molecule has 0 atom stereocenters. The van der Waals surface area contributed by atoms with Crippen LogP contribution in [0, 0.1) is 0 Å². The first kappa shape index (κ1) is 15.6. The molecule has 0 spiro atoms. The zero-order valence-electron chi connectivity index (χ0n) is 12.7. The summed E-state index contributed by atoms with van der Waals surface area (Å²) in [6.45, 7) is 4.71. The number of rotatable bonds is 8. The summed E-state index contributed by atoms with van der Waals surface area (Å²) in [4.78, 5) is 0. The lowest BCUT2D eigenvalue weighted by atomic mass is 10.2. The van der Waals surface area contributed by atoms with Crippen LogP contribution in [0.5, 0.6) is 11.5 Å². The monoisotopic (exact) mass is 296 g/mol. The summed E-state index contributed by atoms with van der Waals surface area (Å²) < 4.78 is 10.9. The largest absolute Gasteiger partial charge is 0.496 e. The van der Waals surface area contributed by atoms with Gasteiger partial charge in [-0.3, -0.25) is 0 Å². The molecule has 0 saturated carbocycles. The zero-order chi connectivity index (χ0) is 15.6. The summed E-state index contributed by atoms with van der Waals surface area (Å²) in [7, 11) is 1.66. The number of para-hydroxylation sites is 2. The number of hydrazone groups is 1. The molecule has 0 amide bonds. The topological polar surface area (TPSA) is 42.8 Å². The number of ether oxygens (including phenoxy) is 2. The van der Waals surface area contributed by atoms with Gasteiger partial charge in [-0.05, 0) is 18.2 Å². The van der Waals surface area contributed by atoms with E-state index in [0.29, 0.717) is 13.2 Å². The van der Waals surface area contributed by atoms with Gasteiger partial charge in [-0.15, -0.1) is 0 Å².